The van der Waals surface area contributed by atoms with Crippen molar-refractivity contribution in [1.82, 2.24) is 29.6 Å². The van der Waals surface area contributed by atoms with E-state index in [0.29, 0.717) is 12.0 Å². The highest BCUT2D eigenvalue weighted by molar-refractivity contribution is 5.38. The first-order valence-electron chi connectivity index (χ1n) is 10.5. The molecule has 0 aromatic carbocycles. The Kier molecular flexibility index (Phi) is 4.55. The van der Waals surface area contributed by atoms with Gasteiger partial charge < -0.3 is 9.47 Å². The molecule has 2 aromatic heterocycles. The SMILES string of the molecule is Cc1nccc(N2CCC(c3nnc(CN4CCCC4)n3C3CC3)CC2)n1. The average molecular weight is 368 g/mol. The predicted molar refractivity (Wildman–Crippen MR) is 104 cm³/mol. The zero-order chi connectivity index (χ0) is 18.2. The van der Waals surface area contributed by atoms with Gasteiger partial charge in [0.1, 0.15) is 23.3 Å². The van der Waals surface area contributed by atoms with E-state index in [0.717, 1.165) is 44.1 Å². The largest absolute Gasteiger partial charge is 0.356 e. The topological polar surface area (TPSA) is 63.0 Å². The highest BCUT2D eigenvalue weighted by Crippen LogP contribution is 2.40. The van der Waals surface area contributed by atoms with Crippen molar-refractivity contribution in [2.24, 2.45) is 0 Å². The van der Waals surface area contributed by atoms with E-state index >= 15 is 0 Å². The number of anilines is 1. The molecular formula is C20H29N7. The van der Waals surface area contributed by atoms with Crippen LogP contribution < -0.4 is 4.90 Å². The zero-order valence-electron chi connectivity index (χ0n) is 16.2. The normalized spacial score (nSPS) is 21.9. The van der Waals surface area contributed by atoms with Gasteiger partial charge in [-0.3, -0.25) is 4.90 Å². The predicted octanol–water partition coefficient (Wildman–Crippen LogP) is 2.69. The van der Waals surface area contributed by atoms with Crippen molar-refractivity contribution >= 4 is 5.82 Å². The standard InChI is InChI=1S/C20H29N7/c1-15-21-9-6-18(22-15)26-12-7-16(8-13-26)20-24-23-19(27(20)17-4-5-17)14-25-10-2-3-11-25/h6,9,16-17H,2-5,7-8,10-14H2,1H3. The molecule has 0 atom stereocenters. The maximum atomic E-state index is 4.70. The van der Waals surface area contributed by atoms with Crippen molar-refractivity contribution in [2.45, 2.75) is 64.0 Å². The Hall–Kier alpha value is -2.02. The van der Waals surface area contributed by atoms with Crippen molar-refractivity contribution in [1.29, 1.82) is 0 Å². The molecule has 1 saturated carbocycles. The van der Waals surface area contributed by atoms with E-state index in [2.05, 4.69) is 29.4 Å². The molecule has 0 spiro atoms. The van der Waals surface area contributed by atoms with Crippen molar-refractivity contribution in [3.8, 4) is 0 Å². The van der Waals surface area contributed by atoms with Gasteiger partial charge in [-0.2, -0.15) is 0 Å². The number of likely N-dealkylation sites (tertiary alicyclic amines) is 1. The number of piperidine rings is 1. The van der Waals surface area contributed by atoms with Crippen LogP contribution in [0.4, 0.5) is 5.82 Å². The van der Waals surface area contributed by atoms with Crippen LogP contribution in [0, 0.1) is 6.92 Å². The van der Waals surface area contributed by atoms with Gasteiger partial charge >= 0.3 is 0 Å². The maximum Gasteiger partial charge on any atom is 0.147 e. The quantitative estimate of drug-likeness (QED) is 0.810. The molecule has 0 bridgehead atoms. The highest BCUT2D eigenvalue weighted by Gasteiger charge is 2.34. The van der Waals surface area contributed by atoms with Crippen LogP contribution in [-0.4, -0.2) is 55.8 Å². The van der Waals surface area contributed by atoms with E-state index in [9.17, 15) is 0 Å². The first kappa shape index (κ1) is 17.1. The van der Waals surface area contributed by atoms with Gasteiger partial charge in [0.2, 0.25) is 0 Å². The molecule has 2 aromatic rings. The minimum atomic E-state index is 0.518. The third-order valence-electron chi connectivity index (χ3n) is 6.21. The van der Waals surface area contributed by atoms with Crippen LogP contribution in [-0.2, 0) is 6.54 Å². The van der Waals surface area contributed by atoms with Crippen LogP contribution in [0.15, 0.2) is 12.3 Å². The van der Waals surface area contributed by atoms with Gasteiger partial charge in [-0.15, -0.1) is 10.2 Å². The fourth-order valence-corrected chi connectivity index (χ4v) is 4.58. The number of hydrogen-bond donors (Lipinski definition) is 0. The first-order valence-corrected chi connectivity index (χ1v) is 10.5. The third-order valence-corrected chi connectivity index (χ3v) is 6.21. The zero-order valence-corrected chi connectivity index (χ0v) is 16.2. The number of nitrogens with zero attached hydrogens (tertiary/aromatic N) is 7. The van der Waals surface area contributed by atoms with Gasteiger partial charge in [-0.25, -0.2) is 9.97 Å². The fourth-order valence-electron chi connectivity index (χ4n) is 4.58. The lowest BCUT2D eigenvalue weighted by atomic mass is 9.95. The van der Waals surface area contributed by atoms with E-state index in [-0.39, 0.29) is 0 Å². The van der Waals surface area contributed by atoms with Crippen molar-refractivity contribution in [2.75, 3.05) is 31.1 Å². The second-order valence-electron chi connectivity index (χ2n) is 8.28. The number of hydrogen-bond acceptors (Lipinski definition) is 6. The van der Waals surface area contributed by atoms with Crippen LogP contribution in [0.3, 0.4) is 0 Å². The Bertz CT molecular complexity index is 783. The summed E-state index contributed by atoms with van der Waals surface area (Å²) in [5.41, 5.74) is 0. The van der Waals surface area contributed by atoms with E-state index in [1.165, 1.54) is 50.4 Å². The summed E-state index contributed by atoms with van der Waals surface area (Å²) in [7, 11) is 0. The number of rotatable bonds is 5. The molecule has 5 rings (SSSR count). The van der Waals surface area contributed by atoms with Crippen LogP contribution >= 0.6 is 0 Å². The summed E-state index contributed by atoms with van der Waals surface area (Å²) in [6.07, 6.45) is 9.33. The second kappa shape index (κ2) is 7.19. The minimum Gasteiger partial charge on any atom is -0.356 e. The van der Waals surface area contributed by atoms with Gasteiger partial charge in [-0.05, 0) is 64.6 Å². The molecule has 4 heterocycles. The molecule has 2 aliphatic heterocycles. The van der Waals surface area contributed by atoms with Crippen molar-refractivity contribution in [3.05, 3.63) is 29.7 Å². The Morgan fingerprint density at radius 1 is 1.00 bits per heavy atom. The molecule has 0 N–H and O–H groups in total. The molecule has 0 radical (unpaired) electrons. The van der Waals surface area contributed by atoms with E-state index in [4.69, 9.17) is 5.10 Å². The first-order chi connectivity index (χ1) is 13.3. The number of aryl methyl sites for hydroxylation is 1. The summed E-state index contributed by atoms with van der Waals surface area (Å²) in [6.45, 7) is 7.41. The maximum absolute atomic E-state index is 4.70. The molecule has 144 valence electrons. The lowest BCUT2D eigenvalue weighted by Crippen LogP contribution is -2.34. The van der Waals surface area contributed by atoms with Gasteiger partial charge in [-0.1, -0.05) is 0 Å². The summed E-state index contributed by atoms with van der Waals surface area (Å²) >= 11 is 0. The Balaban J connectivity index is 1.30. The molecular weight excluding hydrogens is 338 g/mol. The van der Waals surface area contributed by atoms with E-state index < -0.39 is 0 Å². The Morgan fingerprint density at radius 3 is 2.48 bits per heavy atom. The van der Waals surface area contributed by atoms with Gasteiger partial charge in [0.25, 0.3) is 0 Å². The van der Waals surface area contributed by atoms with Crippen molar-refractivity contribution < 1.29 is 0 Å². The average Bonchev–Trinajstić information content (AvgIpc) is 3.23. The molecule has 7 nitrogen and oxygen atoms in total. The van der Waals surface area contributed by atoms with Crippen LogP contribution in [0.5, 0.6) is 0 Å². The van der Waals surface area contributed by atoms with Crippen LogP contribution in [0.1, 0.15) is 68.0 Å². The van der Waals surface area contributed by atoms with Crippen LogP contribution in [0.2, 0.25) is 0 Å². The molecule has 3 aliphatic rings. The molecule has 27 heavy (non-hydrogen) atoms. The smallest absolute Gasteiger partial charge is 0.147 e. The molecule has 0 amide bonds. The lowest BCUT2D eigenvalue weighted by molar-refractivity contribution is 0.314. The van der Waals surface area contributed by atoms with Crippen LogP contribution in [0.25, 0.3) is 0 Å². The highest BCUT2D eigenvalue weighted by atomic mass is 15.3. The molecule has 2 saturated heterocycles. The number of aromatic nitrogens is 5. The summed E-state index contributed by atoms with van der Waals surface area (Å²) in [6, 6.07) is 2.67. The summed E-state index contributed by atoms with van der Waals surface area (Å²) in [4.78, 5) is 13.7. The fraction of sp³-hybridized carbons (Fsp3) is 0.700. The Labute approximate surface area is 160 Å². The molecule has 7 heteroatoms. The summed E-state index contributed by atoms with van der Waals surface area (Å²) in [5, 5.41) is 9.34. The van der Waals surface area contributed by atoms with Gasteiger partial charge in [0.05, 0.1) is 6.54 Å². The molecule has 3 fully saturated rings. The lowest BCUT2D eigenvalue weighted by Gasteiger charge is -2.32. The van der Waals surface area contributed by atoms with E-state index in [1.54, 1.807) is 0 Å². The molecule has 0 unspecified atom stereocenters. The summed E-state index contributed by atoms with van der Waals surface area (Å²) in [5.74, 6) is 4.85. The van der Waals surface area contributed by atoms with E-state index in [1.807, 2.05) is 19.2 Å². The minimum absolute atomic E-state index is 0.518. The Morgan fingerprint density at radius 2 is 1.78 bits per heavy atom. The monoisotopic (exact) mass is 367 g/mol. The van der Waals surface area contributed by atoms with Gasteiger partial charge in [0, 0.05) is 31.2 Å². The molecule has 1 aliphatic carbocycles. The third kappa shape index (κ3) is 3.57. The second-order valence-corrected chi connectivity index (χ2v) is 8.28. The van der Waals surface area contributed by atoms with Gasteiger partial charge in [0.15, 0.2) is 0 Å². The van der Waals surface area contributed by atoms with Crippen molar-refractivity contribution in [3.63, 3.8) is 0 Å². The summed E-state index contributed by atoms with van der Waals surface area (Å²) < 4.78 is 2.51.